The Morgan fingerprint density at radius 3 is 2.65 bits per heavy atom. The molecule has 0 spiro atoms. The number of carbonyl (C=O) groups is 2. The van der Waals surface area contributed by atoms with Crippen LogP contribution in [0.15, 0.2) is 9.59 Å². The number of carbonyl (C=O) groups excluding carboxylic acids is 2. The van der Waals surface area contributed by atoms with Crippen molar-refractivity contribution in [1.29, 1.82) is 5.26 Å². The van der Waals surface area contributed by atoms with Gasteiger partial charge < -0.3 is 10.6 Å². The molecule has 2 heterocycles. The summed E-state index contributed by atoms with van der Waals surface area (Å²) in [7, 11) is 0. The molecule has 0 fully saturated rings. The lowest BCUT2D eigenvalue weighted by Crippen LogP contribution is -2.46. The van der Waals surface area contributed by atoms with E-state index in [1.54, 1.807) is 6.92 Å². The van der Waals surface area contributed by atoms with Crippen LogP contribution in [0, 0.1) is 11.3 Å². The molecule has 0 saturated carbocycles. The lowest BCUT2D eigenvalue weighted by Gasteiger charge is -2.11. The maximum Gasteiger partial charge on any atom is 0.331 e. The van der Waals surface area contributed by atoms with Gasteiger partial charge in [-0.15, -0.1) is 0 Å². The van der Waals surface area contributed by atoms with Crippen LogP contribution in [0.5, 0.6) is 0 Å². The Morgan fingerprint density at radius 2 is 2.00 bits per heavy atom. The van der Waals surface area contributed by atoms with Crippen LogP contribution in [0.1, 0.15) is 24.6 Å². The first-order valence-electron chi connectivity index (χ1n) is 7.29. The average Bonchev–Trinajstić information content (AvgIpc) is 3.00. The van der Waals surface area contributed by atoms with Crippen LogP contribution in [-0.2, 0) is 29.1 Å². The van der Waals surface area contributed by atoms with Crippen LogP contribution < -0.4 is 21.9 Å². The predicted molar refractivity (Wildman–Crippen MR) is 79.7 cm³/mol. The van der Waals surface area contributed by atoms with Crippen LogP contribution >= 0.6 is 0 Å². The molecular weight excluding hydrogens is 302 g/mol. The fourth-order valence-electron chi connectivity index (χ4n) is 2.53. The highest BCUT2D eigenvalue weighted by Gasteiger charge is 2.23. The quantitative estimate of drug-likeness (QED) is 0.654. The first kappa shape index (κ1) is 16.5. The molecule has 0 atom stereocenters. The third kappa shape index (κ3) is 3.31. The number of aromatic nitrogens is 2. The molecule has 2 rings (SSSR count). The number of likely N-dealkylation sites (N-methyl/N-ethyl adjacent to an activating group) is 1. The van der Waals surface area contributed by atoms with Crippen LogP contribution in [0.25, 0.3) is 0 Å². The van der Waals surface area contributed by atoms with E-state index < -0.39 is 23.7 Å². The average molecular weight is 319 g/mol. The van der Waals surface area contributed by atoms with E-state index in [-0.39, 0.29) is 18.0 Å². The highest BCUT2D eigenvalue weighted by Crippen LogP contribution is 2.12. The molecule has 9 nitrogen and oxygen atoms in total. The van der Waals surface area contributed by atoms with Gasteiger partial charge in [0.2, 0.25) is 11.8 Å². The third-order valence-corrected chi connectivity index (χ3v) is 3.56. The van der Waals surface area contributed by atoms with E-state index in [2.05, 4.69) is 10.6 Å². The molecule has 0 aliphatic carbocycles. The SMILES string of the molecule is CCNC(=O)CNC(=O)Cn1c(=O)c(C#N)c2n(c1=O)CCC2. The molecule has 0 aromatic carbocycles. The number of amides is 2. The molecular formula is C14H17N5O4. The summed E-state index contributed by atoms with van der Waals surface area (Å²) < 4.78 is 2.09. The van der Waals surface area contributed by atoms with Crippen molar-refractivity contribution in [3.8, 4) is 6.07 Å². The van der Waals surface area contributed by atoms with Gasteiger partial charge in [0.15, 0.2) is 0 Å². The van der Waals surface area contributed by atoms with Crippen LogP contribution in [0.4, 0.5) is 0 Å². The van der Waals surface area contributed by atoms with Crippen molar-refractivity contribution in [3.63, 3.8) is 0 Å². The molecule has 2 N–H and O–H groups in total. The van der Waals surface area contributed by atoms with Gasteiger partial charge >= 0.3 is 5.69 Å². The number of rotatable bonds is 5. The zero-order valence-corrected chi connectivity index (χ0v) is 12.7. The summed E-state index contributed by atoms with van der Waals surface area (Å²) in [6.07, 6.45) is 1.17. The number of nitriles is 1. The molecule has 0 unspecified atom stereocenters. The highest BCUT2D eigenvalue weighted by atomic mass is 16.2. The van der Waals surface area contributed by atoms with Crippen molar-refractivity contribution in [1.82, 2.24) is 19.8 Å². The Hall–Kier alpha value is -2.89. The van der Waals surface area contributed by atoms with Crippen LogP contribution in [0.3, 0.4) is 0 Å². The molecule has 0 radical (unpaired) electrons. The molecule has 9 heteroatoms. The smallest absolute Gasteiger partial charge is 0.331 e. The zero-order chi connectivity index (χ0) is 17.0. The molecule has 0 saturated heterocycles. The number of hydrogen-bond acceptors (Lipinski definition) is 5. The predicted octanol–water partition coefficient (Wildman–Crippen LogP) is -1.92. The van der Waals surface area contributed by atoms with Crippen molar-refractivity contribution in [2.45, 2.75) is 32.9 Å². The van der Waals surface area contributed by atoms with Gasteiger partial charge in [-0.2, -0.15) is 5.26 Å². The first-order valence-corrected chi connectivity index (χ1v) is 7.29. The van der Waals surface area contributed by atoms with Crippen molar-refractivity contribution < 1.29 is 9.59 Å². The molecule has 1 aliphatic heterocycles. The maximum atomic E-state index is 12.3. The molecule has 1 aliphatic rings. The first-order chi connectivity index (χ1) is 11.0. The Morgan fingerprint density at radius 1 is 1.26 bits per heavy atom. The molecule has 1 aromatic heterocycles. The van der Waals surface area contributed by atoms with Crippen LogP contribution in [-0.4, -0.2) is 34.0 Å². The number of fused-ring (bicyclic) bond motifs is 1. The number of nitrogens with zero attached hydrogens (tertiary/aromatic N) is 3. The van der Waals surface area contributed by atoms with E-state index in [0.717, 1.165) is 4.57 Å². The molecule has 2 amide bonds. The van der Waals surface area contributed by atoms with E-state index in [1.807, 2.05) is 6.07 Å². The van der Waals surface area contributed by atoms with Crippen molar-refractivity contribution in [2.75, 3.05) is 13.1 Å². The Labute approximate surface area is 131 Å². The minimum Gasteiger partial charge on any atom is -0.355 e. The summed E-state index contributed by atoms with van der Waals surface area (Å²) in [4.78, 5) is 47.6. The number of hydrogen-bond donors (Lipinski definition) is 2. The van der Waals surface area contributed by atoms with Gasteiger partial charge in [-0.05, 0) is 19.8 Å². The second-order valence-corrected chi connectivity index (χ2v) is 5.09. The lowest BCUT2D eigenvalue weighted by molar-refractivity contribution is -0.126. The molecule has 23 heavy (non-hydrogen) atoms. The standard InChI is InChI=1S/C14H17N5O4/c1-2-16-11(20)7-17-12(21)8-19-13(22)9(6-15)10-4-3-5-18(10)14(19)23/h2-5,7-8H2,1H3,(H,16,20)(H,17,21). The molecule has 1 aromatic rings. The van der Waals surface area contributed by atoms with Gasteiger partial charge in [0, 0.05) is 18.8 Å². The van der Waals surface area contributed by atoms with E-state index >= 15 is 0 Å². The van der Waals surface area contributed by atoms with E-state index in [1.165, 1.54) is 4.57 Å². The maximum absolute atomic E-state index is 12.3. The minimum absolute atomic E-state index is 0.0985. The van der Waals surface area contributed by atoms with Crippen molar-refractivity contribution >= 4 is 11.8 Å². The van der Waals surface area contributed by atoms with E-state index in [9.17, 15) is 19.2 Å². The summed E-state index contributed by atoms with van der Waals surface area (Å²) in [6.45, 7) is 1.84. The van der Waals surface area contributed by atoms with Crippen molar-refractivity contribution in [3.05, 3.63) is 32.1 Å². The Bertz CT molecular complexity index is 799. The summed E-state index contributed by atoms with van der Waals surface area (Å²) >= 11 is 0. The van der Waals surface area contributed by atoms with E-state index in [0.29, 0.717) is 31.6 Å². The Balaban J connectivity index is 2.23. The highest BCUT2D eigenvalue weighted by molar-refractivity contribution is 5.84. The summed E-state index contributed by atoms with van der Waals surface area (Å²) in [5, 5.41) is 14.0. The monoisotopic (exact) mass is 319 g/mol. The zero-order valence-electron chi connectivity index (χ0n) is 12.7. The van der Waals surface area contributed by atoms with Gasteiger partial charge in [-0.3, -0.25) is 19.0 Å². The normalized spacial score (nSPS) is 12.3. The van der Waals surface area contributed by atoms with Gasteiger partial charge in [0.25, 0.3) is 5.56 Å². The minimum atomic E-state index is -0.765. The fraction of sp³-hybridized carbons (Fsp3) is 0.500. The lowest BCUT2D eigenvalue weighted by atomic mass is 10.2. The van der Waals surface area contributed by atoms with Crippen LogP contribution in [0.2, 0.25) is 0 Å². The van der Waals surface area contributed by atoms with Gasteiger partial charge in [-0.25, -0.2) is 9.36 Å². The Kier molecular flexibility index (Phi) is 4.95. The second kappa shape index (κ2) is 6.91. The molecule has 122 valence electrons. The summed E-state index contributed by atoms with van der Waals surface area (Å²) in [5.41, 5.74) is -1.03. The third-order valence-electron chi connectivity index (χ3n) is 3.56. The van der Waals surface area contributed by atoms with Crippen molar-refractivity contribution in [2.24, 2.45) is 0 Å². The molecule has 0 bridgehead atoms. The van der Waals surface area contributed by atoms with Gasteiger partial charge in [0.1, 0.15) is 18.2 Å². The topological polar surface area (TPSA) is 126 Å². The summed E-state index contributed by atoms with van der Waals surface area (Å²) in [5.74, 6) is -1.01. The largest absolute Gasteiger partial charge is 0.355 e. The fourth-order valence-corrected chi connectivity index (χ4v) is 2.53. The van der Waals surface area contributed by atoms with Gasteiger partial charge in [-0.1, -0.05) is 0 Å². The number of nitrogens with one attached hydrogen (secondary N) is 2. The summed E-state index contributed by atoms with van der Waals surface area (Å²) in [6, 6.07) is 1.81. The second-order valence-electron chi connectivity index (χ2n) is 5.09. The van der Waals surface area contributed by atoms with Gasteiger partial charge in [0.05, 0.1) is 6.54 Å². The van der Waals surface area contributed by atoms with E-state index in [4.69, 9.17) is 5.26 Å².